The maximum Gasteiger partial charge on any atom is 0.340 e. The van der Waals surface area contributed by atoms with Gasteiger partial charge >= 0.3 is 5.97 Å². The lowest BCUT2D eigenvalue weighted by molar-refractivity contribution is 0.0602. The number of carbonyl (C=O) groups is 1. The highest BCUT2D eigenvalue weighted by atomic mass is 16.5. The van der Waals surface area contributed by atoms with Crippen LogP contribution in [0.4, 0.5) is 11.4 Å². The van der Waals surface area contributed by atoms with Gasteiger partial charge in [0.05, 0.1) is 12.7 Å². The van der Waals surface area contributed by atoms with E-state index in [0.717, 1.165) is 38.1 Å². The highest BCUT2D eigenvalue weighted by molar-refractivity contribution is 5.96. The number of nitrogen functional groups attached to an aromatic ring is 1. The van der Waals surface area contributed by atoms with Gasteiger partial charge in [-0.3, -0.25) is 0 Å². The summed E-state index contributed by atoms with van der Waals surface area (Å²) in [6.07, 6.45) is 3.23. The van der Waals surface area contributed by atoms with Gasteiger partial charge in [-0.05, 0) is 37.5 Å². The van der Waals surface area contributed by atoms with Crippen molar-refractivity contribution in [1.29, 1.82) is 0 Å². The van der Waals surface area contributed by atoms with E-state index in [9.17, 15) is 4.79 Å². The summed E-state index contributed by atoms with van der Waals surface area (Å²) in [5, 5.41) is 3.26. The Labute approximate surface area is 114 Å². The lowest BCUT2D eigenvalue weighted by atomic mass is 10.1. The molecule has 1 rings (SSSR count). The van der Waals surface area contributed by atoms with E-state index in [1.807, 2.05) is 6.07 Å². The molecule has 0 aliphatic rings. The molecule has 0 aromatic heterocycles. The summed E-state index contributed by atoms with van der Waals surface area (Å²) >= 11 is 0. The summed E-state index contributed by atoms with van der Waals surface area (Å²) in [4.78, 5) is 11.5. The van der Waals surface area contributed by atoms with Crippen molar-refractivity contribution in [2.45, 2.75) is 19.3 Å². The zero-order valence-corrected chi connectivity index (χ0v) is 11.6. The summed E-state index contributed by atoms with van der Waals surface area (Å²) < 4.78 is 9.67. The van der Waals surface area contributed by atoms with Gasteiger partial charge < -0.3 is 20.5 Å². The fourth-order valence-electron chi connectivity index (χ4n) is 1.73. The molecule has 0 saturated heterocycles. The summed E-state index contributed by atoms with van der Waals surface area (Å²) in [6, 6.07) is 5.28. The van der Waals surface area contributed by atoms with Gasteiger partial charge in [-0.1, -0.05) is 0 Å². The van der Waals surface area contributed by atoms with Gasteiger partial charge in [0, 0.05) is 31.6 Å². The van der Waals surface area contributed by atoms with Crippen molar-refractivity contribution in [2.24, 2.45) is 0 Å². The lowest BCUT2D eigenvalue weighted by Crippen LogP contribution is -2.08. The molecule has 1 aromatic carbocycles. The zero-order valence-electron chi connectivity index (χ0n) is 11.6. The van der Waals surface area contributed by atoms with Crippen LogP contribution in [-0.4, -0.2) is 33.3 Å². The molecule has 0 amide bonds. The third-order valence-corrected chi connectivity index (χ3v) is 2.81. The number of hydrogen-bond acceptors (Lipinski definition) is 5. The molecule has 0 unspecified atom stereocenters. The van der Waals surface area contributed by atoms with Crippen molar-refractivity contribution in [3.63, 3.8) is 0 Å². The van der Waals surface area contributed by atoms with E-state index in [4.69, 9.17) is 10.5 Å². The molecule has 1 aromatic rings. The molecule has 0 radical (unpaired) electrons. The third kappa shape index (κ3) is 5.18. The van der Waals surface area contributed by atoms with E-state index in [1.165, 1.54) is 7.11 Å². The predicted octanol–water partition coefficient (Wildman–Crippen LogP) is 2.28. The number of nitrogens with two attached hydrogens (primary N) is 1. The van der Waals surface area contributed by atoms with Gasteiger partial charge in [-0.25, -0.2) is 4.79 Å². The summed E-state index contributed by atoms with van der Waals surface area (Å²) in [6.45, 7) is 1.66. The molecule has 0 atom stereocenters. The van der Waals surface area contributed by atoms with Crippen LogP contribution in [0, 0.1) is 0 Å². The molecule has 0 heterocycles. The first-order valence-corrected chi connectivity index (χ1v) is 6.39. The first-order chi connectivity index (χ1) is 9.19. The quantitative estimate of drug-likeness (QED) is 0.429. The molecule has 106 valence electrons. The van der Waals surface area contributed by atoms with Crippen LogP contribution < -0.4 is 11.1 Å². The smallest absolute Gasteiger partial charge is 0.340 e. The summed E-state index contributed by atoms with van der Waals surface area (Å²) in [5.41, 5.74) is 7.43. The number of esters is 1. The Morgan fingerprint density at radius 1 is 1.26 bits per heavy atom. The van der Waals surface area contributed by atoms with Crippen LogP contribution in [0.5, 0.6) is 0 Å². The van der Waals surface area contributed by atoms with E-state index < -0.39 is 5.97 Å². The number of carbonyl (C=O) groups excluding carboxylic acids is 1. The number of ether oxygens (including phenoxy) is 2. The first kappa shape index (κ1) is 15.3. The average Bonchev–Trinajstić information content (AvgIpc) is 2.43. The van der Waals surface area contributed by atoms with Crippen LogP contribution in [0.25, 0.3) is 0 Å². The molecule has 3 N–H and O–H groups in total. The Bertz CT molecular complexity index is 408. The van der Waals surface area contributed by atoms with Gasteiger partial charge in [-0.15, -0.1) is 0 Å². The van der Waals surface area contributed by atoms with E-state index >= 15 is 0 Å². The number of methoxy groups -OCH3 is 2. The highest BCUT2D eigenvalue weighted by Gasteiger charge is 2.10. The topological polar surface area (TPSA) is 73.6 Å². The number of anilines is 2. The summed E-state index contributed by atoms with van der Waals surface area (Å²) in [5.74, 6) is -0.416. The molecule has 0 aliphatic heterocycles. The van der Waals surface area contributed by atoms with Crippen molar-refractivity contribution in [1.82, 2.24) is 0 Å². The molecule has 5 heteroatoms. The van der Waals surface area contributed by atoms with Crippen LogP contribution in [0.2, 0.25) is 0 Å². The maximum atomic E-state index is 11.5. The molecule has 0 aliphatic carbocycles. The third-order valence-electron chi connectivity index (χ3n) is 2.81. The number of hydrogen-bond donors (Lipinski definition) is 2. The van der Waals surface area contributed by atoms with Crippen molar-refractivity contribution >= 4 is 17.3 Å². The van der Waals surface area contributed by atoms with Crippen molar-refractivity contribution in [2.75, 3.05) is 38.4 Å². The normalized spacial score (nSPS) is 10.2. The number of unbranched alkanes of at least 4 members (excludes halogenated alkanes) is 2. The Morgan fingerprint density at radius 2 is 2.05 bits per heavy atom. The SMILES string of the molecule is COCCCCCNc1ccc(N)c(C(=O)OC)c1. The van der Waals surface area contributed by atoms with Crippen molar-refractivity contribution < 1.29 is 14.3 Å². The van der Waals surface area contributed by atoms with E-state index in [0.29, 0.717) is 11.3 Å². The Kier molecular flexibility index (Phi) is 6.74. The van der Waals surface area contributed by atoms with Gasteiger partial charge in [0.1, 0.15) is 0 Å². The lowest BCUT2D eigenvalue weighted by Gasteiger charge is -2.09. The molecular formula is C14H22N2O3. The van der Waals surface area contributed by atoms with Crippen LogP contribution >= 0.6 is 0 Å². The van der Waals surface area contributed by atoms with Crippen LogP contribution in [0.15, 0.2) is 18.2 Å². The van der Waals surface area contributed by atoms with Gasteiger partial charge in [0.2, 0.25) is 0 Å². The molecule has 0 spiro atoms. The van der Waals surface area contributed by atoms with E-state index in [-0.39, 0.29) is 0 Å². The monoisotopic (exact) mass is 266 g/mol. The summed E-state index contributed by atoms with van der Waals surface area (Å²) in [7, 11) is 3.05. The van der Waals surface area contributed by atoms with E-state index in [2.05, 4.69) is 10.1 Å². The predicted molar refractivity (Wildman–Crippen MR) is 76.4 cm³/mol. The number of benzene rings is 1. The second-order valence-electron chi connectivity index (χ2n) is 4.27. The second kappa shape index (κ2) is 8.37. The standard InChI is InChI=1S/C14H22N2O3/c1-18-9-5-3-4-8-16-11-6-7-13(15)12(10-11)14(17)19-2/h6-7,10,16H,3-5,8-9,15H2,1-2H3. The number of nitrogens with one attached hydrogen (secondary N) is 1. The highest BCUT2D eigenvalue weighted by Crippen LogP contribution is 2.18. The Morgan fingerprint density at radius 3 is 2.74 bits per heavy atom. The van der Waals surface area contributed by atoms with Gasteiger partial charge in [-0.2, -0.15) is 0 Å². The zero-order chi connectivity index (χ0) is 14.1. The fraction of sp³-hybridized carbons (Fsp3) is 0.500. The molecule has 0 bridgehead atoms. The molecule has 5 nitrogen and oxygen atoms in total. The van der Waals surface area contributed by atoms with Crippen LogP contribution in [-0.2, 0) is 9.47 Å². The van der Waals surface area contributed by atoms with Gasteiger partial charge in [0.15, 0.2) is 0 Å². The minimum Gasteiger partial charge on any atom is -0.465 e. The van der Waals surface area contributed by atoms with Crippen molar-refractivity contribution in [3.05, 3.63) is 23.8 Å². The maximum absolute atomic E-state index is 11.5. The molecule has 0 saturated carbocycles. The van der Waals surface area contributed by atoms with Crippen molar-refractivity contribution in [3.8, 4) is 0 Å². The minimum atomic E-state index is -0.416. The van der Waals surface area contributed by atoms with Crippen LogP contribution in [0.3, 0.4) is 0 Å². The van der Waals surface area contributed by atoms with Gasteiger partial charge in [0.25, 0.3) is 0 Å². The largest absolute Gasteiger partial charge is 0.465 e. The minimum absolute atomic E-state index is 0.395. The Hall–Kier alpha value is -1.75. The molecule has 19 heavy (non-hydrogen) atoms. The second-order valence-corrected chi connectivity index (χ2v) is 4.27. The fourth-order valence-corrected chi connectivity index (χ4v) is 1.73. The number of rotatable bonds is 8. The van der Waals surface area contributed by atoms with Crippen LogP contribution in [0.1, 0.15) is 29.6 Å². The molecule has 0 fully saturated rings. The molecular weight excluding hydrogens is 244 g/mol. The van der Waals surface area contributed by atoms with E-state index in [1.54, 1.807) is 19.2 Å². The average molecular weight is 266 g/mol. The first-order valence-electron chi connectivity index (χ1n) is 6.39. The Balaban J connectivity index is 2.44.